The van der Waals surface area contributed by atoms with Gasteiger partial charge in [0, 0.05) is 5.92 Å². The summed E-state index contributed by atoms with van der Waals surface area (Å²) < 4.78 is 0. The van der Waals surface area contributed by atoms with E-state index in [2.05, 4.69) is 103 Å². The summed E-state index contributed by atoms with van der Waals surface area (Å²) in [5.74, 6) is 0.332. The highest BCUT2D eigenvalue weighted by molar-refractivity contribution is 5.86. The maximum Gasteiger partial charge on any atom is 0.0568 e. The number of nitrogens with zero attached hydrogens (tertiary/aromatic N) is 1. The van der Waals surface area contributed by atoms with E-state index in [0.29, 0.717) is 5.92 Å². The molecular formula is C24H22N2. The van der Waals surface area contributed by atoms with E-state index in [0.717, 1.165) is 11.3 Å². The van der Waals surface area contributed by atoms with Gasteiger partial charge in [0.2, 0.25) is 0 Å². The average Bonchev–Trinajstić information content (AvgIpc) is 3.00. The van der Waals surface area contributed by atoms with Gasteiger partial charge in [-0.1, -0.05) is 77.9 Å². The van der Waals surface area contributed by atoms with Gasteiger partial charge >= 0.3 is 0 Å². The smallest absolute Gasteiger partial charge is 0.0568 e. The molecule has 0 radical (unpaired) electrons. The Morgan fingerprint density at radius 1 is 0.808 bits per heavy atom. The third kappa shape index (κ3) is 3.31. The Morgan fingerprint density at radius 2 is 1.50 bits per heavy atom. The Balaban J connectivity index is 1.55. The molecule has 0 amide bonds. The van der Waals surface area contributed by atoms with E-state index in [-0.39, 0.29) is 0 Å². The number of benzene rings is 3. The monoisotopic (exact) mass is 338 g/mol. The van der Waals surface area contributed by atoms with Gasteiger partial charge in [0.05, 0.1) is 11.9 Å². The van der Waals surface area contributed by atoms with Crippen LogP contribution >= 0.6 is 0 Å². The molecular weight excluding hydrogens is 316 g/mol. The van der Waals surface area contributed by atoms with E-state index in [4.69, 9.17) is 0 Å². The number of hydrogen-bond donors (Lipinski definition) is 1. The molecule has 128 valence electrons. The molecule has 0 aromatic heterocycles. The maximum atomic E-state index is 4.47. The molecule has 0 spiro atoms. The molecule has 1 N–H and O–H groups in total. The second-order valence-electron chi connectivity index (χ2n) is 6.79. The van der Waals surface area contributed by atoms with Gasteiger partial charge in [-0.3, -0.25) is 5.43 Å². The fraction of sp³-hybridized carbons (Fsp3) is 0.125. The predicted octanol–water partition coefficient (Wildman–Crippen LogP) is 6.28. The second kappa shape index (κ2) is 7.01. The van der Waals surface area contributed by atoms with Crippen molar-refractivity contribution in [3.05, 3.63) is 101 Å². The lowest BCUT2D eigenvalue weighted by Crippen LogP contribution is -1.98. The van der Waals surface area contributed by atoms with Crippen molar-refractivity contribution in [2.24, 2.45) is 5.10 Å². The first-order chi connectivity index (χ1) is 12.7. The van der Waals surface area contributed by atoms with Crippen molar-refractivity contribution in [2.45, 2.75) is 19.8 Å². The first kappa shape index (κ1) is 16.3. The van der Waals surface area contributed by atoms with E-state index in [1.807, 2.05) is 6.21 Å². The molecule has 0 saturated carbocycles. The molecule has 0 bridgehead atoms. The second-order valence-corrected chi connectivity index (χ2v) is 6.79. The summed E-state index contributed by atoms with van der Waals surface area (Å²) in [6.45, 7) is 4.34. The standard InChI is InChI=1S/C24H22N2/c1-17-13-22(14-18(17)2)24-10-6-5-9-21(24)16-25-26-23-12-11-19-7-3-4-8-20(19)15-23/h3-16,22,26H,1-2H3. The van der Waals surface area contributed by atoms with Gasteiger partial charge in [-0.25, -0.2) is 0 Å². The van der Waals surface area contributed by atoms with Gasteiger partial charge < -0.3 is 0 Å². The lowest BCUT2D eigenvalue weighted by molar-refractivity contribution is 1.09. The van der Waals surface area contributed by atoms with Gasteiger partial charge in [-0.05, 0) is 47.9 Å². The minimum Gasteiger partial charge on any atom is -0.278 e. The SMILES string of the molecule is CC1=CC(c2ccccc2C=NNc2ccc3ccccc3c2)C=C1C. The predicted molar refractivity (Wildman–Crippen MR) is 112 cm³/mol. The Labute approximate surface area is 154 Å². The molecule has 26 heavy (non-hydrogen) atoms. The van der Waals surface area contributed by atoms with Crippen molar-refractivity contribution in [1.82, 2.24) is 0 Å². The van der Waals surface area contributed by atoms with Crippen molar-refractivity contribution in [2.75, 3.05) is 5.43 Å². The summed E-state index contributed by atoms with van der Waals surface area (Å²) in [6, 6.07) is 23.1. The van der Waals surface area contributed by atoms with E-state index in [1.54, 1.807) is 0 Å². The summed E-state index contributed by atoms with van der Waals surface area (Å²) in [5.41, 5.74) is 9.29. The van der Waals surface area contributed by atoms with Gasteiger partial charge in [-0.15, -0.1) is 0 Å². The highest BCUT2D eigenvalue weighted by atomic mass is 15.3. The average molecular weight is 338 g/mol. The molecule has 2 nitrogen and oxygen atoms in total. The topological polar surface area (TPSA) is 24.4 Å². The Bertz CT molecular complexity index is 1020. The number of nitrogens with one attached hydrogen (secondary N) is 1. The zero-order valence-electron chi connectivity index (χ0n) is 15.1. The molecule has 4 rings (SSSR count). The molecule has 0 heterocycles. The Hall–Kier alpha value is -3.13. The van der Waals surface area contributed by atoms with Crippen molar-refractivity contribution in [1.29, 1.82) is 0 Å². The highest BCUT2D eigenvalue weighted by Gasteiger charge is 2.15. The molecule has 0 unspecified atom stereocenters. The fourth-order valence-corrected chi connectivity index (χ4v) is 3.40. The van der Waals surface area contributed by atoms with Crippen molar-refractivity contribution in [3.63, 3.8) is 0 Å². The van der Waals surface area contributed by atoms with Gasteiger partial charge in [-0.2, -0.15) is 5.10 Å². The minimum absolute atomic E-state index is 0.332. The summed E-state index contributed by atoms with van der Waals surface area (Å²) in [4.78, 5) is 0. The number of rotatable bonds is 4. The number of hydrogen-bond acceptors (Lipinski definition) is 2. The van der Waals surface area contributed by atoms with Gasteiger partial charge in [0.1, 0.15) is 0 Å². The van der Waals surface area contributed by atoms with E-state index < -0.39 is 0 Å². The van der Waals surface area contributed by atoms with Crippen LogP contribution in [0.15, 0.2) is 95.1 Å². The van der Waals surface area contributed by atoms with Gasteiger partial charge in [0.25, 0.3) is 0 Å². The van der Waals surface area contributed by atoms with E-state index >= 15 is 0 Å². The molecule has 0 saturated heterocycles. The van der Waals surface area contributed by atoms with Crippen LogP contribution in [0.4, 0.5) is 5.69 Å². The van der Waals surface area contributed by atoms with Crippen molar-refractivity contribution in [3.8, 4) is 0 Å². The normalized spacial score (nSPS) is 14.7. The number of allylic oxidation sites excluding steroid dienone is 4. The summed E-state index contributed by atoms with van der Waals surface area (Å²) in [7, 11) is 0. The van der Waals surface area contributed by atoms with Crippen LogP contribution in [0.5, 0.6) is 0 Å². The van der Waals surface area contributed by atoms with Gasteiger partial charge in [0.15, 0.2) is 0 Å². The Morgan fingerprint density at radius 3 is 2.31 bits per heavy atom. The first-order valence-corrected chi connectivity index (χ1v) is 8.95. The number of fused-ring (bicyclic) bond motifs is 1. The van der Waals surface area contributed by atoms with E-state index in [9.17, 15) is 0 Å². The van der Waals surface area contributed by atoms with Crippen LogP contribution in [0.1, 0.15) is 30.9 Å². The van der Waals surface area contributed by atoms with E-state index in [1.165, 1.54) is 27.5 Å². The summed E-state index contributed by atoms with van der Waals surface area (Å²) in [6.07, 6.45) is 6.55. The van der Waals surface area contributed by atoms with Crippen LogP contribution in [0.25, 0.3) is 10.8 Å². The quantitative estimate of drug-likeness (QED) is 0.439. The maximum absolute atomic E-state index is 4.47. The van der Waals surface area contributed by atoms with Crippen molar-refractivity contribution < 1.29 is 0 Å². The number of anilines is 1. The molecule has 0 aliphatic heterocycles. The minimum atomic E-state index is 0.332. The summed E-state index contributed by atoms with van der Waals surface area (Å²) in [5, 5.41) is 6.92. The fourth-order valence-electron chi connectivity index (χ4n) is 3.40. The molecule has 3 aromatic carbocycles. The lowest BCUT2D eigenvalue weighted by Gasteiger charge is -2.10. The van der Waals surface area contributed by atoms with Crippen LogP contribution in [-0.2, 0) is 0 Å². The third-order valence-corrected chi connectivity index (χ3v) is 4.98. The van der Waals surface area contributed by atoms with Crippen LogP contribution in [0.3, 0.4) is 0 Å². The Kier molecular flexibility index (Phi) is 4.40. The largest absolute Gasteiger partial charge is 0.278 e. The van der Waals surface area contributed by atoms with Crippen LogP contribution in [0.2, 0.25) is 0 Å². The van der Waals surface area contributed by atoms with Crippen LogP contribution < -0.4 is 5.43 Å². The van der Waals surface area contributed by atoms with Crippen molar-refractivity contribution >= 4 is 22.7 Å². The van der Waals surface area contributed by atoms with Crippen LogP contribution in [-0.4, -0.2) is 6.21 Å². The number of hydrazone groups is 1. The molecule has 0 fully saturated rings. The molecule has 2 heteroatoms. The summed E-state index contributed by atoms with van der Waals surface area (Å²) >= 11 is 0. The highest BCUT2D eigenvalue weighted by Crippen LogP contribution is 2.32. The molecule has 1 aliphatic carbocycles. The molecule has 0 atom stereocenters. The molecule has 1 aliphatic rings. The lowest BCUT2D eigenvalue weighted by atomic mass is 9.95. The third-order valence-electron chi connectivity index (χ3n) is 4.98. The zero-order valence-corrected chi connectivity index (χ0v) is 15.1. The first-order valence-electron chi connectivity index (χ1n) is 8.95. The zero-order chi connectivity index (χ0) is 17.9. The van der Waals surface area contributed by atoms with Crippen LogP contribution in [0, 0.1) is 0 Å². The molecule has 3 aromatic rings.